The number of alkyl halides is 3. The summed E-state index contributed by atoms with van der Waals surface area (Å²) in [5.41, 5.74) is 0.342. The molecule has 1 aliphatic heterocycles. The maximum absolute atomic E-state index is 12.5. The van der Waals surface area contributed by atoms with E-state index in [2.05, 4.69) is 5.32 Å². The summed E-state index contributed by atoms with van der Waals surface area (Å²) in [6, 6.07) is 4.42. The number of carbonyl (C=O) groups excluding carboxylic acids is 3. The fourth-order valence-corrected chi connectivity index (χ4v) is 2.84. The fraction of sp³-hybridized carbons (Fsp3) is 0.526. The molecule has 1 aromatic rings. The van der Waals surface area contributed by atoms with Crippen molar-refractivity contribution >= 4 is 25.2 Å². The molecule has 2 atom stereocenters. The van der Waals surface area contributed by atoms with Gasteiger partial charge >= 0.3 is 25.4 Å². The van der Waals surface area contributed by atoms with Gasteiger partial charge in [-0.05, 0) is 31.9 Å². The minimum atomic E-state index is -4.48. The molecule has 0 aliphatic carbocycles. The predicted molar refractivity (Wildman–Crippen MR) is 104 cm³/mol. The van der Waals surface area contributed by atoms with Gasteiger partial charge in [0.15, 0.2) is 0 Å². The SMILES string of the molecule is CC(C)OC(=O)OC(C)OC(=O)c1cccc2c1OB(O)C(NC(=O)CCC(F)(F)F)C2. The van der Waals surface area contributed by atoms with E-state index in [4.69, 9.17) is 18.9 Å². The molecule has 176 valence electrons. The topological polar surface area (TPSA) is 120 Å². The average Bonchev–Trinajstić information content (AvgIpc) is 2.65. The van der Waals surface area contributed by atoms with Gasteiger partial charge < -0.3 is 29.2 Å². The first-order chi connectivity index (χ1) is 14.9. The monoisotopic (exact) mass is 461 g/mol. The second kappa shape index (κ2) is 10.6. The number of rotatable bonds is 7. The molecule has 2 unspecified atom stereocenters. The fourth-order valence-electron chi connectivity index (χ4n) is 2.84. The maximum Gasteiger partial charge on any atom is 0.547 e. The first kappa shape index (κ1) is 25.3. The number of benzene rings is 1. The molecule has 2 N–H and O–H groups in total. The van der Waals surface area contributed by atoms with Crippen LogP contribution in [0.25, 0.3) is 0 Å². The number of ether oxygens (including phenoxy) is 3. The highest BCUT2D eigenvalue weighted by Gasteiger charge is 2.38. The van der Waals surface area contributed by atoms with Crippen molar-refractivity contribution in [1.29, 1.82) is 0 Å². The lowest BCUT2D eigenvalue weighted by Crippen LogP contribution is -2.53. The van der Waals surface area contributed by atoms with Crippen molar-refractivity contribution < 1.29 is 51.4 Å². The van der Waals surface area contributed by atoms with Crippen LogP contribution >= 0.6 is 0 Å². The van der Waals surface area contributed by atoms with Crippen LogP contribution in [0.15, 0.2) is 18.2 Å². The molecule has 1 aliphatic rings. The zero-order chi connectivity index (χ0) is 24.1. The molecule has 2 rings (SSSR count). The van der Waals surface area contributed by atoms with E-state index in [1.54, 1.807) is 19.9 Å². The average molecular weight is 461 g/mol. The van der Waals surface area contributed by atoms with Crippen LogP contribution in [0, 0.1) is 0 Å². The van der Waals surface area contributed by atoms with Gasteiger partial charge in [0.1, 0.15) is 11.3 Å². The van der Waals surface area contributed by atoms with Crippen molar-refractivity contribution in [2.75, 3.05) is 0 Å². The molecule has 0 fully saturated rings. The third-order valence-corrected chi connectivity index (χ3v) is 4.19. The van der Waals surface area contributed by atoms with E-state index in [1.807, 2.05) is 0 Å². The summed E-state index contributed by atoms with van der Waals surface area (Å²) in [4.78, 5) is 35.7. The van der Waals surface area contributed by atoms with Crippen LogP contribution in [-0.4, -0.2) is 54.7 Å². The zero-order valence-electron chi connectivity index (χ0n) is 17.6. The molecule has 1 aromatic carbocycles. The molecule has 32 heavy (non-hydrogen) atoms. The Kier molecular flexibility index (Phi) is 8.36. The third-order valence-electron chi connectivity index (χ3n) is 4.19. The number of fused-ring (bicyclic) bond motifs is 1. The van der Waals surface area contributed by atoms with Gasteiger partial charge in [-0.3, -0.25) is 4.79 Å². The summed E-state index contributed by atoms with van der Waals surface area (Å²) >= 11 is 0. The lowest BCUT2D eigenvalue weighted by Gasteiger charge is -2.29. The quantitative estimate of drug-likeness (QED) is 0.361. The highest BCUT2D eigenvalue weighted by atomic mass is 19.4. The van der Waals surface area contributed by atoms with Crippen LogP contribution in [0.4, 0.5) is 18.0 Å². The Labute approximate surface area is 182 Å². The number of amides is 1. The van der Waals surface area contributed by atoms with Crippen LogP contribution in [0.2, 0.25) is 0 Å². The minimum absolute atomic E-state index is 0.00213. The Bertz CT molecular complexity index is 848. The molecule has 1 heterocycles. The number of nitrogens with one attached hydrogen (secondary N) is 1. The lowest BCUT2D eigenvalue weighted by atomic mass is 9.72. The van der Waals surface area contributed by atoms with Crippen molar-refractivity contribution in [1.82, 2.24) is 5.32 Å². The number of hydrogen-bond donors (Lipinski definition) is 2. The van der Waals surface area contributed by atoms with E-state index >= 15 is 0 Å². The van der Waals surface area contributed by atoms with Gasteiger partial charge in [-0.15, -0.1) is 0 Å². The van der Waals surface area contributed by atoms with E-state index in [0.29, 0.717) is 5.56 Å². The Morgan fingerprint density at radius 1 is 1.22 bits per heavy atom. The molecule has 13 heteroatoms. The second-order valence-corrected chi connectivity index (χ2v) is 7.30. The molecule has 0 radical (unpaired) electrons. The van der Waals surface area contributed by atoms with Gasteiger partial charge in [0.25, 0.3) is 0 Å². The molecule has 0 spiro atoms. The van der Waals surface area contributed by atoms with Gasteiger partial charge in [0.2, 0.25) is 12.2 Å². The Hall–Kier alpha value is -2.96. The molecule has 1 amide bonds. The van der Waals surface area contributed by atoms with Crippen LogP contribution in [0.5, 0.6) is 5.75 Å². The summed E-state index contributed by atoms with van der Waals surface area (Å²) in [6.45, 7) is 4.53. The number of hydrogen-bond acceptors (Lipinski definition) is 8. The standard InChI is InChI=1S/C19H23BF3NO8/c1-10(2)29-18(27)31-11(3)30-17(26)13-6-4-5-12-9-14(20(28)32-16(12)13)24-15(25)7-8-19(21,22)23/h4-6,10-11,14,28H,7-9H2,1-3H3,(H,24,25). The zero-order valence-corrected chi connectivity index (χ0v) is 17.6. The molecular formula is C19H23BF3NO8. The van der Waals surface area contributed by atoms with Crippen LogP contribution in [0.1, 0.15) is 49.5 Å². The number of esters is 1. The Morgan fingerprint density at radius 3 is 2.53 bits per heavy atom. The largest absolute Gasteiger partial charge is 0.547 e. The van der Waals surface area contributed by atoms with Crippen LogP contribution in [-0.2, 0) is 25.4 Å². The van der Waals surface area contributed by atoms with Crippen molar-refractivity contribution in [3.8, 4) is 5.75 Å². The molecular weight excluding hydrogens is 438 g/mol. The highest BCUT2D eigenvalue weighted by Crippen LogP contribution is 2.31. The summed E-state index contributed by atoms with van der Waals surface area (Å²) in [7, 11) is -1.61. The van der Waals surface area contributed by atoms with E-state index in [-0.39, 0.29) is 17.7 Å². The van der Waals surface area contributed by atoms with Gasteiger partial charge in [-0.25, -0.2) is 9.59 Å². The maximum atomic E-state index is 12.5. The van der Waals surface area contributed by atoms with Crippen LogP contribution < -0.4 is 9.97 Å². The smallest absolute Gasteiger partial charge is 0.534 e. The number of carbonyl (C=O) groups is 3. The van der Waals surface area contributed by atoms with E-state index in [0.717, 1.165) is 0 Å². The first-order valence-corrected chi connectivity index (χ1v) is 9.76. The number of para-hydroxylation sites is 1. The van der Waals surface area contributed by atoms with E-state index < -0.39 is 62.5 Å². The summed E-state index contributed by atoms with van der Waals surface area (Å²) < 4.78 is 56.8. The number of halogens is 3. The summed E-state index contributed by atoms with van der Waals surface area (Å²) in [5, 5.41) is 12.5. The predicted octanol–water partition coefficient (Wildman–Crippen LogP) is 2.53. The van der Waals surface area contributed by atoms with Crippen molar-refractivity contribution in [3.05, 3.63) is 29.3 Å². The minimum Gasteiger partial charge on any atom is -0.534 e. The van der Waals surface area contributed by atoms with Gasteiger partial charge in [-0.2, -0.15) is 13.2 Å². The molecule has 9 nitrogen and oxygen atoms in total. The third kappa shape index (κ3) is 7.63. The molecule has 0 bridgehead atoms. The van der Waals surface area contributed by atoms with Crippen LogP contribution in [0.3, 0.4) is 0 Å². The first-order valence-electron chi connectivity index (χ1n) is 9.76. The summed E-state index contributed by atoms with van der Waals surface area (Å²) in [6.07, 6.45) is -9.29. The normalized spacial score (nSPS) is 16.5. The Balaban J connectivity index is 2.02. The molecule has 0 aromatic heterocycles. The van der Waals surface area contributed by atoms with E-state index in [1.165, 1.54) is 19.1 Å². The van der Waals surface area contributed by atoms with Gasteiger partial charge in [0, 0.05) is 13.3 Å². The van der Waals surface area contributed by atoms with Gasteiger partial charge in [0.05, 0.1) is 18.5 Å². The molecule has 0 saturated heterocycles. The van der Waals surface area contributed by atoms with Gasteiger partial charge in [-0.1, -0.05) is 12.1 Å². The lowest BCUT2D eigenvalue weighted by molar-refractivity contribution is -0.144. The highest BCUT2D eigenvalue weighted by molar-refractivity contribution is 6.47. The van der Waals surface area contributed by atoms with E-state index in [9.17, 15) is 32.6 Å². The second-order valence-electron chi connectivity index (χ2n) is 7.30. The molecule has 0 saturated carbocycles. The van der Waals surface area contributed by atoms with Crippen molar-refractivity contribution in [2.45, 2.75) is 64.5 Å². The van der Waals surface area contributed by atoms with Crippen molar-refractivity contribution in [2.24, 2.45) is 0 Å². The summed E-state index contributed by atoms with van der Waals surface area (Å²) in [5.74, 6) is -2.83. The van der Waals surface area contributed by atoms with Crippen molar-refractivity contribution in [3.63, 3.8) is 0 Å². The Morgan fingerprint density at radius 2 is 1.91 bits per heavy atom.